The van der Waals surface area contributed by atoms with Gasteiger partial charge in [-0.15, -0.1) is 0 Å². The summed E-state index contributed by atoms with van der Waals surface area (Å²) in [5.74, 6) is 0.996. The largest absolute Gasteiger partial charge is 0.497 e. The fourth-order valence-electron chi connectivity index (χ4n) is 7.14. The minimum atomic E-state index is -0.896. The van der Waals surface area contributed by atoms with Crippen LogP contribution in [0.3, 0.4) is 0 Å². The van der Waals surface area contributed by atoms with E-state index in [-0.39, 0.29) is 51.2 Å². The Hall–Kier alpha value is -4.11. The first-order valence-corrected chi connectivity index (χ1v) is 21.3. The van der Waals surface area contributed by atoms with Gasteiger partial charge >= 0.3 is 12.2 Å². The number of carbonyl (C=O) groups excluding carboxylic acids is 3. The Morgan fingerprint density at radius 3 is 2.14 bits per heavy atom. The number of thiazole rings is 1. The average molecular weight is 894 g/mol. The van der Waals surface area contributed by atoms with E-state index < -0.39 is 35.5 Å². The SMILES string of the molecule is COc1cc(CN(C(=O)C2=C(c3cnc(OCCOc4c(Cl)cc(C)cc4Cl)s3)CC3CN(C(=O)OC(C)(C)C)CC2N3C(=O)OC(C)(C)C)C2CC2)c(Cl)c(OC)c1. The number of methoxy groups -OCH3 is 2. The van der Waals surface area contributed by atoms with Crippen molar-refractivity contribution in [1.29, 1.82) is 0 Å². The number of ether oxygens (including phenoxy) is 6. The van der Waals surface area contributed by atoms with Gasteiger partial charge in [0.2, 0.25) is 0 Å². The van der Waals surface area contributed by atoms with E-state index in [9.17, 15) is 9.59 Å². The van der Waals surface area contributed by atoms with E-state index in [0.29, 0.717) is 59.1 Å². The van der Waals surface area contributed by atoms with Crippen LogP contribution in [0.15, 0.2) is 36.0 Å². The Balaban J connectivity index is 1.39. The highest BCUT2D eigenvalue weighted by Gasteiger charge is 2.51. The van der Waals surface area contributed by atoms with Gasteiger partial charge in [0.15, 0.2) is 5.75 Å². The van der Waals surface area contributed by atoms with Crippen molar-refractivity contribution in [3.8, 4) is 22.4 Å². The zero-order valence-corrected chi connectivity index (χ0v) is 37.9. The standard InChI is InChI=1S/C42H51Cl3N4O9S/c1-23-14-29(43)36(30(44)15-23)55-12-13-56-38-46-19-33(59-38)28-17-26-21-47(39(51)57-41(2,3)4)22-31(49(26)40(52)58-42(5,6)7)34(28)37(50)48(25-10-11-25)20-24-16-27(53-8)18-32(54-9)35(24)45/h14-16,18-19,25-26,31H,10-13,17,20-22H2,1-9H3. The van der Waals surface area contributed by atoms with Gasteiger partial charge < -0.3 is 38.2 Å². The predicted octanol–water partition coefficient (Wildman–Crippen LogP) is 9.46. The van der Waals surface area contributed by atoms with Crippen LogP contribution in [0.5, 0.6) is 22.4 Å². The third-order valence-corrected chi connectivity index (χ3v) is 11.7. The normalized spacial score (nSPS) is 18.0. The van der Waals surface area contributed by atoms with Gasteiger partial charge in [0.05, 0.1) is 46.2 Å². The van der Waals surface area contributed by atoms with Crippen molar-refractivity contribution in [2.75, 3.05) is 40.5 Å². The van der Waals surface area contributed by atoms with Crippen molar-refractivity contribution in [2.24, 2.45) is 0 Å². The Labute approximate surface area is 364 Å². The van der Waals surface area contributed by atoms with Crippen LogP contribution < -0.4 is 18.9 Å². The summed E-state index contributed by atoms with van der Waals surface area (Å²) in [6.07, 6.45) is 2.33. The first kappa shape index (κ1) is 44.4. The van der Waals surface area contributed by atoms with Crippen LogP contribution in [-0.2, 0) is 20.8 Å². The van der Waals surface area contributed by atoms with Crippen molar-refractivity contribution in [3.05, 3.63) is 67.1 Å². The van der Waals surface area contributed by atoms with Crippen molar-refractivity contribution in [1.82, 2.24) is 19.7 Å². The van der Waals surface area contributed by atoms with Crippen LogP contribution in [-0.4, -0.2) is 108 Å². The molecule has 2 fully saturated rings. The van der Waals surface area contributed by atoms with E-state index in [1.54, 1.807) is 93.8 Å². The number of hydrogen-bond acceptors (Lipinski definition) is 11. The number of aromatic nitrogens is 1. The van der Waals surface area contributed by atoms with Gasteiger partial charge in [0.25, 0.3) is 11.1 Å². The van der Waals surface area contributed by atoms with Crippen molar-refractivity contribution in [3.63, 3.8) is 0 Å². The molecule has 6 rings (SSSR count). The van der Waals surface area contributed by atoms with Crippen LogP contribution in [0.1, 0.15) is 76.8 Å². The number of hydrogen-bond donors (Lipinski definition) is 0. The molecule has 3 aliphatic rings. The lowest BCUT2D eigenvalue weighted by Gasteiger charge is -2.51. The number of benzene rings is 2. The van der Waals surface area contributed by atoms with Gasteiger partial charge in [-0.3, -0.25) is 9.69 Å². The van der Waals surface area contributed by atoms with Gasteiger partial charge in [0.1, 0.15) is 35.9 Å². The molecule has 2 unspecified atom stereocenters. The van der Waals surface area contributed by atoms with Crippen LogP contribution >= 0.6 is 46.1 Å². The zero-order chi connectivity index (χ0) is 43.0. The van der Waals surface area contributed by atoms with Crippen molar-refractivity contribution >= 4 is 69.8 Å². The Bertz CT molecular complexity index is 2090. The molecule has 1 aromatic heterocycles. The first-order chi connectivity index (χ1) is 27.8. The molecule has 2 aromatic carbocycles. The molecule has 320 valence electrons. The van der Waals surface area contributed by atoms with Gasteiger partial charge in [-0.1, -0.05) is 46.1 Å². The third kappa shape index (κ3) is 10.6. The summed E-state index contributed by atoms with van der Waals surface area (Å²) in [4.78, 5) is 53.5. The van der Waals surface area contributed by atoms with Crippen LogP contribution in [0.25, 0.3) is 5.57 Å². The average Bonchev–Trinajstić information content (AvgIpc) is 3.87. The number of amides is 3. The fourth-order valence-corrected chi connectivity index (χ4v) is 8.95. The van der Waals surface area contributed by atoms with Crippen LogP contribution in [0, 0.1) is 6.92 Å². The highest BCUT2D eigenvalue weighted by Crippen LogP contribution is 2.45. The molecule has 0 spiro atoms. The summed E-state index contributed by atoms with van der Waals surface area (Å²) < 4.78 is 34.7. The van der Waals surface area contributed by atoms with Gasteiger partial charge in [-0.2, -0.15) is 0 Å². The third-order valence-electron chi connectivity index (χ3n) is 9.75. The minimum absolute atomic E-state index is 0.00882. The summed E-state index contributed by atoms with van der Waals surface area (Å²) in [6.45, 7) is 13.2. The smallest absolute Gasteiger partial charge is 0.411 e. The molecule has 0 radical (unpaired) electrons. The van der Waals surface area contributed by atoms with Gasteiger partial charge in [-0.05, 0) is 103 Å². The number of halogens is 3. The van der Waals surface area contributed by atoms with E-state index in [4.69, 9.17) is 63.2 Å². The molecule has 3 aromatic rings. The Morgan fingerprint density at radius 2 is 1.53 bits per heavy atom. The number of fused-ring (bicyclic) bond motifs is 2. The molecule has 2 atom stereocenters. The van der Waals surface area contributed by atoms with E-state index in [0.717, 1.165) is 18.4 Å². The van der Waals surface area contributed by atoms with Crippen LogP contribution in [0.4, 0.5) is 9.59 Å². The number of nitrogens with zero attached hydrogens (tertiary/aromatic N) is 4. The number of carbonyl (C=O) groups is 3. The highest BCUT2D eigenvalue weighted by molar-refractivity contribution is 7.14. The maximum atomic E-state index is 15.4. The molecule has 2 aliphatic heterocycles. The molecule has 13 nitrogen and oxygen atoms in total. The van der Waals surface area contributed by atoms with E-state index in [1.165, 1.54) is 18.4 Å². The monoisotopic (exact) mass is 892 g/mol. The second kappa shape index (κ2) is 17.9. The molecule has 1 aliphatic carbocycles. The molecule has 3 amide bonds. The molecule has 17 heteroatoms. The van der Waals surface area contributed by atoms with Gasteiger partial charge in [-0.25, -0.2) is 14.6 Å². The number of piperazine rings is 1. The van der Waals surface area contributed by atoms with E-state index >= 15 is 4.79 Å². The van der Waals surface area contributed by atoms with Gasteiger partial charge in [0, 0.05) is 43.5 Å². The summed E-state index contributed by atoms with van der Waals surface area (Å²) >= 11 is 20.9. The van der Waals surface area contributed by atoms with E-state index in [1.807, 2.05) is 6.92 Å². The molecular formula is C42H51Cl3N4O9S. The lowest BCUT2D eigenvalue weighted by atomic mass is 9.83. The fraction of sp³-hybridized carbons (Fsp3) is 0.524. The second-order valence-electron chi connectivity index (χ2n) is 16.8. The maximum absolute atomic E-state index is 15.4. The molecule has 1 saturated heterocycles. The summed E-state index contributed by atoms with van der Waals surface area (Å²) in [5, 5.41) is 1.51. The maximum Gasteiger partial charge on any atom is 0.411 e. The minimum Gasteiger partial charge on any atom is -0.497 e. The lowest BCUT2D eigenvalue weighted by Crippen LogP contribution is -2.66. The van der Waals surface area contributed by atoms with Crippen molar-refractivity contribution < 1.29 is 42.8 Å². The Kier molecular flexibility index (Phi) is 13.4. The first-order valence-electron chi connectivity index (χ1n) is 19.4. The zero-order valence-electron chi connectivity index (χ0n) is 34.8. The Morgan fingerprint density at radius 1 is 0.881 bits per heavy atom. The predicted molar refractivity (Wildman–Crippen MR) is 227 cm³/mol. The molecule has 2 bridgehead atoms. The van der Waals surface area contributed by atoms with Crippen LogP contribution in [0.2, 0.25) is 15.1 Å². The topological polar surface area (TPSA) is 129 Å². The number of rotatable bonds is 12. The highest BCUT2D eigenvalue weighted by atomic mass is 35.5. The summed E-state index contributed by atoms with van der Waals surface area (Å²) in [7, 11) is 3.07. The molecule has 1 saturated carbocycles. The van der Waals surface area contributed by atoms with E-state index in [2.05, 4.69) is 4.98 Å². The lowest BCUT2D eigenvalue weighted by molar-refractivity contribution is -0.129. The molecule has 3 heterocycles. The molecule has 0 N–H and O–H groups in total. The molecular weight excluding hydrogens is 843 g/mol. The molecule has 59 heavy (non-hydrogen) atoms. The quantitative estimate of drug-likeness (QED) is 0.162. The summed E-state index contributed by atoms with van der Waals surface area (Å²) in [6, 6.07) is 5.46. The van der Waals surface area contributed by atoms with Crippen molar-refractivity contribution in [2.45, 2.75) is 104 Å². The summed E-state index contributed by atoms with van der Waals surface area (Å²) in [5.41, 5.74) is 1.00. The second-order valence-corrected chi connectivity index (χ2v) is 18.9. The number of aryl methyl sites for hydroxylation is 1.